The SMILES string of the molecule is CCc1ccc(NC(=O)CN2N=N[C@H]3C(=O)N(c4ccc(C)c(C)c4)C(=O)[C@H]32)cc1. The first-order chi connectivity index (χ1) is 14.4. The van der Waals surface area contributed by atoms with Crippen LogP contribution >= 0.6 is 0 Å². The lowest BCUT2D eigenvalue weighted by Gasteiger charge is -2.20. The number of hydrogen-bond donors (Lipinski definition) is 1. The molecule has 8 nitrogen and oxygen atoms in total. The number of fused-ring (bicyclic) bond motifs is 1. The van der Waals surface area contributed by atoms with Crippen LogP contribution in [0.1, 0.15) is 23.6 Å². The maximum absolute atomic E-state index is 13.0. The number of hydrogen-bond acceptors (Lipinski definition) is 6. The lowest BCUT2D eigenvalue weighted by Crippen LogP contribution is -2.43. The quantitative estimate of drug-likeness (QED) is 0.774. The molecule has 0 spiro atoms. The van der Waals surface area contributed by atoms with E-state index in [0.29, 0.717) is 11.4 Å². The molecule has 1 N–H and O–H groups in total. The fourth-order valence-corrected chi connectivity index (χ4v) is 3.64. The summed E-state index contributed by atoms with van der Waals surface area (Å²) in [6.45, 7) is 5.78. The lowest BCUT2D eigenvalue weighted by atomic mass is 10.1. The Labute approximate surface area is 174 Å². The van der Waals surface area contributed by atoms with E-state index in [1.807, 2.05) is 44.2 Å². The molecule has 154 valence electrons. The molecular weight excluding hydrogens is 382 g/mol. The number of aryl methyl sites for hydroxylation is 3. The number of carbonyl (C=O) groups excluding carboxylic acids is 3. The van der Waals surface area contributed by atoms with Gasteiger partial charge in [-0.2, -0.15) is 5.11 Å². The molecule has 2 aromatic carbocycles. The molecule has 0 aliphatic carbocycles. The second kappa shape index (κ2) is 7.70. The van der Waals surface area contributed by atoms with Crippen LogP contribution in [0.25, 0.3) is 0 Å². The van der Waals surface area contributed by atoms with Gasteiger partial charge in [-0.15, -0.1) is 0 Å². The summed E-state index contributed by atoms with van der Waals surface area (Å²) in [6.07, 6.45) is 0.915. The van der Waals surface area contributed by atoms with E-state index in [1.54, 1.807) is 12.1 Å². The van der Waals surface area contributed by atoms with Crippen LogP contribution in [0.3, 0.4) is 0 Å². The molecule has 8 heteroatoms. The molecule has 1 fully saturated rings. The smallest absolute Gasteiger partial charge is 0.263 e. The maximum atomic E-state index is 13.0. The molecule has 0 saturated carbocycles. The minimum atomic E-state index is -0.921. The van der Waals surface area contributed by atoms with Crippen molar-refractivity contribution in [1.82, 2.24) is 5.01 Å². The Bertz CT molecular complexity index is 1050. The van der Waals surface area contributed by atoms with Gasteiger partial charge in [-0.25, -0.2) is 4.90 Å². The molecule has 0 radical (unpaired) electrons. The van der Waals surface area contributed by atoms with Crippen LogP contribution in [0.2, 0.25) is 0 Å². The molecule has 3 amide bonds. The molecule has 2 aliphatic rings. The van der Waals surface area contributed by atoms with Crippen LogP contribution in [0.15, 0.2) is 52.8 Å². The summed E-state index contributed by atoms with van der Waals surface area (Å²) in [5.74, 6) is -1.17. The Morgan fingerprint density at radius 1 is 1.03 bits per heavy atom. The summed E-state index contributed by atoms with van der Waals surface area (Å²) in [6, 6.07) is 11.2. The van der Waals surface area contributed by atoms with Gasteiger partial charge in [0.1, 0.15) is 6.54 Å². The van der Waals surface area contributed by atoms with Crippen molar-refractivity contribution in [3.05, 3.63) is 59.2 Å². The summed E-state index contributed by atoms with van der Waals surface area (Å²) in [4.78, 5) is 39.4. The van der Waals surface area contributed by atoms with Crippen LogP contribution in [-0.2, 0) is 20.8 Å². The Kier molecular flexibility index (Phi) is 5.07. The second-order valence-corrected chi connectivity index (χ2v) is 7.57. The number of carbonyl (C=O) groups is 3. The zero-order valence-corrected chi connectivity index (χ0v) is 17.1. The number of amides is 3. The van der Waals surface area contributed by atoms with E-state index in [1.165, 1.54) is 10.6 Å². The molecule has 2 atom stereocenters. The zero-order valence-electron chi connectivity index (χ0n) is 17.1. The predicted molar refractivity (Wildman–Crippen MR) is 112 cm³/mol. The predicted octanol–water partition coefficient (Wildman–Crippen LogP) is 2.80. The van der Waals surface area contributed by atoms with Gasteiger partial charge >= 0.3 is 0 Å². The summed E-state index contributed by atoms with van der Waals surface area (Å²) in [5, 5.41) is 12.0. The fraction of sp³-hybridized carbons (Fsp3) is 0.318. The van der Waals surface area contributed by atoms with Crippen molar-refractivity contribution in [2.75, 3.05) is 16.8 Å². The second-order valence-electron chi connectivity index (χ2n) is 7.57. The van der Waals surface area contributed by atoms with E-state index < -0.39 is 23.9 Å². The van der Waals surface area contributed by atoms with Crippen molar-refractivity contribution in [3.63, 3.8) is 0 Å². The number of nitrogens with one attached hydrogen (secondary N) is 1. The van der Waals surface area contributed by atoms with Crippen LogP contribution < -0.4 is 10.2 Å². The fourth-order valence-electron chi connectivity index (χ4n) is 3.64. The Morgan fingerprint density at radius 3 is 2.43 bits per heavy atom. The number of anilines is 2. The third-order valence-corrected chi connectivity index (χ3v) is 5.56. The Morgan fingerprint density at radius 2 is 1.77 bits per heavy atom. The van der Waals surface area contributed by atoms with E-state index in [0.717, 1.165) is 22.4 Å². The molecule has 30 heavy (non-hydrogen) atoms. The van der Waals surface area contributed by atoms with Gasteiger partial charge in [0.2, 0.25) is 5.91 Å². The van der Waals surface area contributed by atoms with Crippen LogP contribution in [-0.4, -0.2) is 41.4 Å². The molecule has 1 saturated heterocycles. The molecule has 0 unspecified atom stereocenters. The van der Waals surface area contributed by atoms with Crippen LogP contribution in [0, 0.1) is 13.8 Å². The molecule has 0 aromatic heterocycles. The first-order valence-corrected chi connectivity index (χ1v) is 9.90. The maximum Gasteiger partial charge on any atom is 0.263 e. The number of benzene rings is 2. The van der Waals surface area contributed by atoms with E-state index in [-0.39, 0.29) is 12.5 Å². The minimum Gasteiger partial charge on any atom is -0.324 e. The van der Waals surface area contributed by atoms with Gasteiger partial charge in [-0.3, -0.25) is 19.4 Å². The molecular formula is C22H23N5O3. The molecule has 2 aliphatic heterocycles. The minimum absolute atomic E-state index is 0.167. The largest absolute Gasteiger partial charge is 0.324 e. The van der Waals surface area contributed by atoms with Crippen molar-refractivity contribution in [2.45, 2.75) is 39.3 Å². The zero-order chi connectivity index (χ0) is 21.4. The van der Waals surface area contributed by atoms with Crippen molar-refractivity contribution in [1.29, 1.82) is 0 Å². The normalized spacial score (nSPS) is 20.1. The van der Waals surface area contributed by atoms with Gasteiger partial charge in [0.25, 0.3) is 11.8 Å². The molecule has 4 rings (SSSR count). The number of nitrogens with zero attached hydrogens (tertiary/aromatic N) is 4. The lowest BCUT2D eigenvalue weighted by molar-refractivity contribution is -0.123. The van der Waals surface area contributed by atoms with E-state index >= 15 is 0 Å². The van der Waals surface area contributed by atoms with Gasteiger partial charge in [-0.1, -0.05) is 30.3 Å². The van der Waals surface area contributed by atoms with E-state index in [9.17, 15) is 14.4 Å². The highest BCUT2D eigenvalue weighted by Crippen LogP contribution is 2.32. The highest BCUT2D eigenvalue weighted by atomic mass is 16.2. The van der Waals surface area contributed by atoms with Crippen molar-refractivity contribution < 1.29 is 14.4 Å². The summed E-state index contributed by atoms with van der Waals surface area (Å²) in [7, 11) is 0. The van der Waals surface area contributed by atoms with Gasteiger partial charge in [-0.05, 0) is 61.2 Å². The van der Waals surface area contributed by atoms with Gasteiger partial charge < -0.3 is 5.32 Å². The van der Waals surface area contributed by atoms with E-state index in [2.05, 4.69) is 22.6 Å². The third kappa shape index (κ3) is 3.45. The third-order valence-electron chi connectivity index (χ3n) is 5.56. The average molecular weight is 405 g/mol. The Balaban J connectivity index is 1.47. The summed E-state index contributed by atoms with van der Waals surface area (Å²) < 4.78 is 0. The summed E-state index contributed by atoms with van der Waals surface area (Å²) >= 11 is 0. The first kappa shape index (κ1) is 19.8. The Hall–Kier alpha value is -3.55. The number of rotatable bonds is 5. The van der Waals surface area contributed by atoms with Crippen LogP contribution in [0.5, 0.6) is 0 Å². The standard InChI is InChI=1S/C22H23N5O3/c1-4-15-6-8-16(9-7-15)23-18(28)12-26-20-19(24-25-26)21(29)27(22(20)30)17-10-5-13(2)14(3)11-17/h5-11,19-20H,4,12H2,1-3H3,(H,23,28)/t19-,20+/m1/s1. The monoisotopic (exact) mass is 405 g/mol. The topological polar surface area (TPSA) is 94.4 Å². The first-order valence-electron chi connectivity index (χ1n) is 9.90. The highest BCUT2D eigenvalue weighted by molar-refractivity contribution is 6.25. The van der Waals surface area contributed by atoms with Gasteiger partial charge in [0.15, 0.2) is 12.1 Å². The molecule has 0 bridgehead atoms. The van der Waals surface area contributed by atoms with Gasteiger partial charge in [0.05, 0.1) is 5.69 Å². The van der Waals surface area contributed by atoms with Crippen molar-refractivity contribution >= 4 is 29.1 Å². The van der Waals surface area contributed by atoms with Crippen LogP contribution in [0.4, 0.5) is 11.4 Å². The van der Waals surface area contributed by atoms with Crippen molar-refractivity contribution in [3.8, 4) is 0 Å². The molecule has 2 aromatic rings. The average Bonchev–Trinajstić information content (AvgIpc) is 3.24. The highest BCUT2D eigenvalue weighted by Gasteiger charge is 2.55. The van der Waals surface area contributed by atoms with Crippen molar-refractivity contribution in [2.24, 2.45) is 10.3 Å². The number of imide groups is 1. The van der Waals surface area contributed by atoms with E-state index in [4.69, 9.17) is 0 Å². The van der Waals surface area contributed by atoms with Gasteiger partial charge in [0, 0.05) is 5.69 Å². The summed E-state index contributed by atoms with van der Waals surface area (Å²) in [5.41, 5.74) is 4.40. The molecule has 2 heterocycles.